The molecule has 0 spiro atoms. The number of furan rings is 2. The van der Waals surface area contributed by atoms with E-state index < -0.39 is 0 Å². The molecule has 0 bridgehead atoms. The highest BCUT2D eigenvalue weighted by atomic mass is 32.1. The van der Waals surface area contributed by atoms with Gasteiger partial charge in [0.05, 0.1) is 9.75 Å². The first-order chi connectivity index (χ1) is 12.8. The Morgan fingerprint density at radius 1 is 0.538 bits per heavy atom. The first kappa shape index (κ1) is 14.4. The predicted octanol–water partition coefficient (Wildman–Crippen LogP) is 7.79. The summed E-state index contributed by atoms with van der Waals surface area (Å²) in [6.07, 6.45) is 0. The van der Waals surface area contributed by atoms with Gasteiger partial charge in [0.2, 0.25) is 0 Å². The smallest absolute Gasteiger partial charge is 0.145 e. The molecule has 26 heavy (non-hydrogen) atoms. The summed E-state index contributed by atoms with van der Waals surface area (Å²) >= 11 is 3.53. The van der Waals surface area contributed by atoms with Gasteiger partial charge in [-0.1, -0.05) is 36.4 Å². The van der Waals surface area contributed by atoms with E-state index in [0.29, 0.717) is 0 Å². The van der Waals surface area contributed by atoms with Crippen molar-refractivity contribution >= 4 is 54.0 Å². The monoisotopic (exact) mass is 372 g/mol. The molecule has 4 heterocycles. The molecular formula is C22H12O2S2. The maximum absolute atomic E-state index is 6.00. The normalized spacial score (nSPS) is 11.8. The molecule has 0 saturated heterocycles. The van der Waals surface area contributed by atoms with Gasteiger partial charge >= 0.3 is 0 Å². The zero-order chi connectivity index (χ0) is 17.1. The van der Waals surface area contributed by atoms with Gasteiger partial charge in [-0.15, -0.1) is 22.7 Å². The molecule has 124 valence electrons. The Bertz CT molecular complexity index is 1190. The second-order valence-electron chi connectivity index (χ2n) is 6.25. The molecule has 0 radical (unpaired) electrons. The van der Waals surface area contributed by atoms with Gasteiger partial charge < -0.3 is 8.83 Å². The molecule has 0 aliphatic rings. The maximum Gasteiger partial charge on any atom is 0.145 e. The van der Waals surface area contributed by atoms with E-state index in [1.165, 1.54) is 19.2 Å². The molecule has 2 nitrogen and oxygen atoms in total. The molecule has 6 aromatic rings. The standard InChI is InChI=1S/C22H12O2S2/c1-3-7-15-13(5-1)9-17(23-15)19-11-21-22(25-19)12-20(26-21)18-10-14-6-2-4-8-16(14)24-18/h1-12H. The molecule has 0 atom stereocenters. The molecule has 0 aliphatic heterocycles. The molecule has 0 amide bonds. The molecule has 4 heteroatoms. The molecule has 0 aliphatic carbocycles. The van der Waals surface area contributed by atoms with Gasteiger partial charge in [-0.3, -0.25) is 0 Å². The van der Waals surface area contributed by atoms with Crippen molar-refractivity contribution in [1.29, 1.82) is 0 Å². The Morgan fingerprint density at radius 2 is 1.00 bits per heavy atom. The van der Waals surface area contributed by atoms with Crippen LogP contribution >= 0.6 is 22.7 Å². The van der Waals surface area contributed by atoms with E-state index in [0.717, 1.165) is 33.5 Å². The van der Waals surface area contributed by atoms with Gasteiger partial charge in [-0.25, -0.2) is 0 Å². The number of benzene rings is 2. The molecule has 0 fully saturated rings. The third-order valence-corrected chi connectivity index (χ3v) is 6.87. The Morgan fingerprint density at radius 3 is 1.46 bits per heavy atom. The van der Waals surface area contributed by atoms with Crippen LogP contribution in [0.3, 0.4) is 0 Å². The zero-order valence-corrected chi connectivity index (χ0v) is 15.2. The van der Waals surface area contributed by atoms with Crippen LogP contribution < -0.4 is 0 Å². The minimum absolute atomic E-state index is 0.933. The molecule has 0 unspecified atom stereocenters. The van der Waals surface area contributed by atoms with Gasteiger partial charge in [0.1, 0.15) is 22.7 Å². The predicted molar refractivity (Wildman–Crippen MR) is 110 cm³/mol. The van der Waals surface area contributed by atoms with Gasteiger partial charge in [0.15, 0.2) is 0 Å². The highest BCUT2D eigenvalue weighted by Gasteiger charge is 2.14. The number of thiophene rings is 2. The highest BCUT2D eigenvalue weighted by Crippen LogP contribution is 2.43. The van der Waals surface area contributed by atoms with Crippen LogP contribution in [0, 0.1) is 0 Å². The summed E-state index contributed by atoms with van der Waals surface area (Å²) in [5, 5.41) is 2.28. The van der Waals surface area contributed by atoms with E-state index in [4.69, 9.17) is 8.83 Å². The topological polar surface area (TPSA) is 26.3 Å². The van der Waals surface area contributed by atoms with E-state index >= 15 is 0 Å². The summed E-state index contributed by atoms with van der Waals surface area (Å²) in [5.41, 5.74) is 1.87. The Hall–Kier alpha value is -2.82. The summed E-state index contributed by atoms with van der Waals surface area (Å²) in [6.45, 7) is 0. The van der Waals surface area contributed by atoms with Crippen LogP contribution in [0.2, 0.25) is 0 Å². The van der Waals surface area contributed by atoms with Crippen molar-refractivity contribution in [2.45, 2.75) is 0 Å². The van der Waals surface area contributed by atoms with Crippen molar-refractivity contribution in [3.63, 3.8) is 0 Å². The van der Waals surface area contributed by atoms with Crippen molar-refractivity contribution in [3.8, 4) is 21.3 Å². The fraction of sp³-hybridized carbons (Fsp3) is 0. The van der Waals surface area contributed by atoms with Crippen molar-refractivity contribution in [2.24, 2.45) is 0 Å². The summed E-state index contributed by atoms with van der Waals surface area (Å²) in [5.74, 6) is 1.87. The van der Waals surface area contributed by atoms with Gasteiger partial charge in [0, 0.05) is 20.2 Å². The minimum atomic E-state index is 0.933. The van der Waals surface area contributed by atoms with Gasteiger partial charge in [-0.05, 0) is 36.4 Å². The van der Waals surface area contributed by atoms with Crippen molar-refractivity contribution < 1.29 is 8.83 Å². The van der Waals surface area contributed by atoms with Crippen molar-refractivity contribution in [1.82, 2.24) is 0 Å². The molecule has 4 aromatic heterocycles. The fourth-order valence-corrected chi connectivity index (χ4v) is 5.59. The summed E-state index contributed by atoms with van der Waals surface area (Å²) in [6, 6.07) is 24.9. The number of hydrogen-bond acceptors (Lipinski definition) is 4. The molecule has 2 aromatic carbocycles. The van der Waals surface area contributed by atoms with E-state index in [1.807, 2.05) is 36.4 Å². The van der Waals surface area contributed by atoms with Crippen LogP contribution in [0.1, 0.15) is 0 Å². The average Bonchev–Trinajstić information content (AvgIpc) is 3.40. The van der Waals surface area contributed by atoms with Crippen LogP contribution in [0.15, 0.2) is 81.6 Å². The second-order valence-corrected chi connectivity index (χ2v) is 8.41. The van der Waals surface area contributed by atoms with Gasteiger partial charge in [-0.2, -0.15) is 0 Å². The number of hydrogen-bond donors (Lipinski definition) is 0. The first-order valence-electron chi connectivity index (χ1n) is 8.35. The summed E-state index contributed by atoms with van der Waals surface area (Å²) in [7, 11) is 0. The van der Waals surface area contributed by atoms with E-state index in [-0.39, 0.29) is 0 Å². The van der Waals surface area contributed by atoms with E-state index in [2.05, 4.69) is 36.4 Å². The van der Waals surface area contributed by atoms with Crippen LogP contribution in [0.4, 0.5) is 0 Å². The van der Waals surface area contributed by atoms with Crippen molar-refractivity contribution in [2.75, 3.05) is 0 Å². The molecular weight excluding hydrogens is 360 g/mol. The SMILES string of the molecule is c1ccc2oc(-c3cc4sc(-c5cc6ccccc6o5)cc4s3)cc2c1. The summed E-state index contributed by atoms with van der Waals surface area (Å²) < 4.78 is 14.5. The Kier molecular flexibility index (Phi) is 2.95. The molecule has 0 N–H and O–H groups in total. The lowest BCUT2D eigenvalue weighted by Gasteiger charge is -1.90. The number of para-hydroxylation sites is 2. The van der Waals surface area contributed by atoms with Crippen molar-refractivity contribution in [3.05, 3.63) is 72.8 Å². The minimum Gasteiger partial charge on any atom is -0.455 e. The van der Waals surface area contributed by atoms with Crippen LogP contribution in [-0.2, 0) is 0 Å². The summed E-state index contributed by atoms with van der Waals surface area (Å²) in [4.78, 5) is 2.33. The number of fused-ring (bicyclic) bond motifs is 3. The Balaban J connectivity index is 1.44. The number of rotatable bonds is 2. The third-order valence-electron chi connectivity index (χ3n) is 4.54. The fourth-order valence-electron chi connectivity index (χ4n) is 3.29. The van der Waals surface area contributed by atoms with Crippen LogP contribution in [0.25, 0.3) is 52.6 Å². The largest absolute Gasteiger partial charge is 0.455 e. The lowest BCUT2D eigenvalue weighted by Crippen LogP contribution is -1.62. The lowest BCUT2D eigenvalue weighted by atomic mass is 10.2. The first-order valence-corrected chi connectivity index (χ1v) is 9.98. The van der Waals surface area contributed by atoms with E-state index in [9.17, 15) is 0 Å². The second kappa shape index (κ2) is 5.34. The average molecular weight is 372 g/mol. The maximum atomic E-state index is 6.00. The van der Waals surface area contributed by atoms with Crippen LogP contribution in [-0.4, -0.2) is 0 Å². The van der Waals surface area contributed by atoms with Gasteiger partial charge in [0.25, 0.3) is 0 Å². The highest BCUT2D eigenvalue weighted by molar-refractivity contribution is 7.31. The third kappa shape index (κ3) is 2.16. The Labute approximate surface area is 156 Å². The lowest BCUT2D eigenvalue weighted by molar-refractivity contribution is 0.633. The van der Waals surface area contributed by atoms with E-state index in [1.54, 1.807) is 22.7 Å². The molecule has 6 rings (SSSR count). The molecule has 0 saturated carbocycles. The zero-order valence-electron chi connectivity index (χ0n) is 13.6. The quantitative estimate of drug-likeness (QED) is 0.310. The van der Waals surface area contributed by atoms with Crippen LogP contribution in [0.5, 0.6) is 0 Å².